The summed E-state index contributed by atoms with van der Waals surface area (Å²) in [5.41, 5.74) is 1.20. The van der Waals surface area contributed by atoms with Crippen molar-refractivity contribution < 1.29 is 0 Å². The molecule has 0 atom stereocenters. The lowest BCUT2D eigenvalue weighted by Gasteiger charge is -2.34. The van der Waals surface area contributed by atoms with Crippen LogP contribution in [0.1, 0.15) is 37.3 Å². The normalized spacial score (nSPS) is 20.9. The molecular formula is C15H26N4S. The molecule has 0 aromatic carbocycles. The summed E-state index contributed by atoms with van der Waals surface area (Å²) in [6.07, 6.45) is 2.84. The molecule has 0 radical (unpaired) electrons. The molecule has 0 bridgehead atoms. The lowest BCUT2D eigenvalue weighted by atomic mass is 10.3. The molecule has 1 aliphatic carbocycles. The molecule has 0 spiro atoms. The monoisotopic (exact) mass is 294 g/mol. The molecule has 1 saturated heterocycles. The minimum absolute atomic E-state index is 0.530. The molecule has 2 heterocycles. The molecule has 2 fully saturated rings. The van der Waals surface area contributed by atoms with E-state index in [0.29, 0.717) is 6.04 Å². The highest BCUT2D eigenvalue weighted by Crippen LogP contribution is 2.30. The van der Waals surface area contributed by atoms with E-state index in [2.05, 4.69) is 35.9 Å². The van der Waals surface area contributed by atoms with Crippen LogP contribution >= 0.6 is 11.3 Å². The third-order valence-corrected chi connectivity index (χ3v) is 5.42. The Morgan fingerprint density at radius 3 is 2.55 bits per heavy atom. The molecule has 20 heavy (non-hydrogen) atoms. The van der Waals surface area contributed by atoms with E-state index in [1.807, 2.05) is 11.3 Å². The fraction of sp³-hybridized carbons (Fsp3) is 0.800. The first-order valence-electron chi connectivity index (χ1n) is 7.82. The lowest BCUT2D eigenvalue weighted by Crippen LogP contribution is -2.47. The van der Waals surface area contributed by atoms with E-state index >= 15 is 0 Å². The van der Waals surface area contributed by atoms with Gasteiger partial charge in [-0.1, -0.05) is 13.8 Å². The highest BCUT2D eigenvalue weighted by atomic mass is 32.1. The molecule has 1 aromatic rings. The number of anilines is 1. The quantitative estimate of drug-likeness (QED) is 0.902. The van der Waals surface area contributed by atoms with Gasteiger partial charge in [-0.2, -0.15) is 0 Å². The van der Waals surface area contributed by atoms with Crippen LogP contribution in [-0.4, -0.2) is 48.1 Å². The fourth-order valence-corrected chi connectivity index (χ4v) is 3.79. The van der Waals surface area contributed by atoms with Gasteiger partial charge in [0.2, 0.25) is 0 Å². The third kappa shape index (κ3) is 3.32. The van der Waals surface area contributed by atoms with E-state index in [4.69, 9.17) is 4.98 Å². The summed E-state index contributed by atoms with van der Waals surface area (Å²) in [6, 6.07) is 1.43. The second-order valence-electron chi connectivity index (χ2n) is 6.29. The minimum Gasteiger partial charge on any atom is -0.346 e. The molecule has 5 heteroatoms. The van der Waals surface area contributed by atoms with Gasteiger partial charge < -0.3 is 10.2 Å². The van der Waals surface area contributed by atoms with Crippen molar-refractivity contribution in [3.05, 3.63) is 10.6 Å². The summed E-state index contributed by atoms with van der Waals surface area (Å²) >= 11 is 1.87. The van der Waals surface area contributed by atoms with Crippen LogP contribution in [-0.2, 0) is 6.54 Å². The molecule has 1 N–H and O–H groups in total. The van der Waals surface area contributed by atoms with Crippen molar-refractivity contribution in [2.45, 2.75) is 52.2 Å². The summed E-state index contributed by atoms with van der Waals surface area (Å²) in [7, 11) is 0. The van der Waals surface area contributed by atoms with Crippen LogP contribution in [0.3, 0.4) is 0 Å². The molecule has 0 amide bonds. The molecule has 2 aliphatic rings. The predicted molar refractivity (Wildman–Crippen MR) is 85.6 cm³/mol. The number of thiazole rings is 1. The van der Waals surface area contributed by atoms with Crippen molar-refractivity contribution in [2.75, 3.05) is 31.1 Å². The third-order valence-electron chi connectivity index (χ3n) is 4.20. The molecule has 0 unspecified atom stereocenters. The van der Waals surface area contributed by atoms with Gasteiger partial charge in [-0.25, -0.2) is 4.98 Å². The Kier molecular flexibility index (Phi) is 4.29. The van der Waals surface area contributed by atoms with Gasteiger partial charge in [0.05, 0.1) is 5.69 Å². The molecule has 4 nitrogen and oxygen atoms in total. The Morgan fingerprint density at radius 2 is 1.95 bits per heavy atom. The summed E-state index contributed by atoms with van der Waals surface area (Å²) in [6.45, 7) is 12.2. The molecule has 1 saturated carbocycles. The number of hydrogen-bond donors (Lipinski definition) is 1. The van der Waals surface area contributed by atoms with E-state index in [0.717, 1.165) is 25.7 Å². The van der Waals surface area contributed by atoms with Gasteiger partial charge >= 0.3 is 0 Å². The van der Waals surface area contributed by atoms with E-state index in [9.17, 15) is 0 Å². The maximum atomic E-state index is 4.78. The average Bonchev–Trinajstić information content (AvgIpc) is 3.21. The molecule has 1 aromatic heterocycles. The first-order valence-corrected chi connectivity index (χ1v) is 8.64. The van der Waals surface area contributed by atoms with E-state index in [1.54, 1.807) is 0 Å². The van der Waals surface area contributed by atoms with Crippen molar-refractivity contribution in [3.63, 3.8) is 0 Å². The second-order valence-corrected chi connectivity index (χ2v) is 7.36. The first-order chi connectivity index (χ1) is 9.63. The van der Waals surface area contributed by atoms with Crippen LogP contribution in [0.25, 0.3) is 0 Å². The Bertz CT molecular complexity index is 445. The number of hydrogen-bond acceptors (Lipinski definition) is 5. The Labute approximate surface area is 126 Å². The Balaban J connectivity index is 1.58. The predicted octanol–water partition coefficient (Wildman–Crippen LogP) is 2.23. The van der Waals surface area contributed by atoms with Crippen LogP contribution in [0.15, 0.2) is 0 Å². The number of nitrogens with zero attached hydrogens (tertiary/aromatic N) is 3. The minimum atomic E-state index is 0.530. The van der Waals surface area contributed by atoms with E-state index < -0.39 is 0 Å². The number of aryl methyl sites for hydroxylation is 1. The Morgan fingerprint density at radius 1 is 1.25 bits per heavy atom. The van der Waals surface area contributed by atoms with Crippen LogP contribution in [0.5, 0.6) is 0 Å². The maximum absolute atomic E-state index is 4.78. The zero-order valence-corrected chi connectivity index (χ0v) is 13.7. The zero-order chi connectivity index (χ0) is 14.1. The van der Waals surface area contributed by atoms with Gasteiger partial charge in [0.15, 0.2) is 5.13 Å². The summed E-state index contributed by atoms with van der Waals surface area (Å²) in [4.78, 5) is 11.3. The lowest BCUT2D eigenvalue weighted by molar-refractivity contribution is 0.248. The topological polar surface area (TPSA) is 31.4 Å². The van der Waals surface area contributed by atoms with E-state index in [1.165, 1.54) is 41.6 Å². The molecule has 3 rings (SSSR count). The van der Waals surface area contributed by atoms with Gasteiger partial charge in [-0.15, -0.1) is 11.3 Å². The van der Waals surface area contributed by atoms with Crippen LogP contribution in [0.4, 0.5) is 5.13 Å². The standard InChI is InChI=1S/C15H26N4S/c1-11(2)16-10-14-12(3)17-15(20-14)19-8-6-18(7-9-19)13-4-5-13/h11,13,16H,4-10H2,1-3H3. The van der Waals surface area contributed by atoms with Gasteiger partial charge in [-0.05, 0) is 19.8 Å². The molecule has 112 valence electrons. The van der Waals surface area contributed by atoms with Gasteiger partial charge in [0, 0.05) is 49.7 Å². The summed E-state index contributed by atoms with van der Waals surface area (Å²) in [5.74, 6) is 0. The SMILES string of the molecule is Cc1nc(N2CCN(C3CC3)CC2)sc1CNC(C)C. The summed E-state index contributed by atoms with van der Waals surface area (Å²) in [5, 5.41) is 4.71. The van der Waals surface area contributed by atoms with Crippen LogP contribution in [0.2, 0.25) is 0 Å². The van der Waals surface area contributed by atoms with Crippen molar-refractivity contribution >= 4 is 16.5 Å². The summed E-state index contributed by atoms with van der Waals surface area (Å²) < 4.78 is 0. The first kappa shape index (κ1) is 14.3. The second kappa shape index (κ2) is 6.00. The number of nitrogens with one attached hydrogen (secondary N) is 1. The molecular weight excluding hydrogens is 268 g/mol. The van der Waals surface area contributed by atoms with Crippen LogP contribution in [0, 0.1) is 6.92 Å². The largest absolute Gasteiger partial charge is 0.346 e. The number of rotatable bonds is 5. The number of aromatic nitrogens is 1. The van der Waals surface area contributed by atoms with Gasteiger partial charge in [0.25, 0.3) is 0 Å². The zero-order valence-electron chi connectivity index (χ0n) is 12.9. The fourth-order valence-electron chi connectivity index (χ4n) is 2.73. The van der Waals surface area contributed by atoms with Gasteiger partial charge in [-0.3, -0.25) is 4.90 Å². The highest BCUT2D eigenvalue weighted by molar-refractivity contribution is 7.15. The van der Waals surface area contributed by atoms with Crippen molar-refractivity contribution in [3.8, 4) is 0 Å². The van der Waals surface area contributed by atoms with Crippen molar-refractivity contribution in [2.24, 2.45) is 0 Å². The highest BCUT2D eigenvalue weighted by Gasteiger charge is 2.31. The Hall–Kier alpha value is -0.650. The van der Waals surface area contributed by atoms with Gasteiger partial charge in [0.1, 0.15) is 0 Å². The smallest absolute Gasteiger partial charge is 0.185 e. The number of piperazine rings is 1. The average molecular weight is 294 g/mol. The maximum Gasteiger partial charge on any atom is 0.185 e. The molecule has 1 aliphatic heterocycles. The van der Waals surface area contributed by atoms with Crippen LogP contribution < -0.4 is 10.2 Å². The van der Waals surface area contributed by atoms with Crippen molar-refractivity contribution in [1.82, 2.24) is 15.2 Å². The van der Waals surface area contributed by atoms with Crippen molar-refractivity contribution in [1.29, 1.82) is 0 Å². The van der Waals surface area contributed by atoms with E-state index in [-0.39, 0.29) is 0 Å².